The summed E-state index contributed by atoms with van der Waals surface area (Å²) in [6.45, 7) is 3.90. The minimum atomic E-state index is -0.394. The SMILES string of the molecule is C=Cc1c(/C=N/NC(=O)c2ccc(Cl)s2)ccc(O)c1/N=C\COc1ccc(/C=N/NC(=O)c2ccccc2)c2cccnc12. The second-order valence-corrected chi connectivity index (χ2v) is 10.9. The van der Waals surface area contributed by atoms with Gasteiger partial charge in [-0.15, -0.1) is 11.3 Å². The van der Waals surface area contributed by atoms with Crippen LogP contribution < -0.4 is 15.6 Å². The van der Waals surface area contributed by atoms with Crippen molar-refractivity contribution in [3.63, 3.8) is 0 Å². The maximum Gasteiger partial charge on any atom is 0.281 e. The average molecular weight is 637 g/mol. The van der Waals surface area contributed by atoms with Crippen molar-refractivity contribution in [2.75, 3.05) is 6.61 Å². The predicted octanol–water partition coefficient (Wildman–Crippen LogP) is 6.61. The van der Waals surface area contributed by atoms with Gasteiger partial charge in [0.05, 0.1) is 21.6 Å². The molecule has 0 aliphatic carbocycles. The van der Waals surface area contributed by atoms with Crippen LogP contribution in [0.25, 0.3) is 17.0 Å². The van der Waals surface area contributed by atoms with Crippen LogP contribution in [0.2, 0.25) is 4.34 Å². The highest BCUT2D eigenvalue weighted by atomic mass is 35.5. The molecule has 5 rings (SSSR count). The number of ether oxygens (including phenoxy) is 1. The molecule has 0 radical (unpaired) electrons. The molecule has 0 unspecified atom stereocenters. The first kappa shape index (κ1) is 30.8. The van der Waals surface area contributed by atoms with Gasteiger partial charge in [0.25, 0.3) is 11.8 Å². The van der Waals surface area contributed by atoms with E-state index in [0.717, 1.165) is 22.3 Å². The summed E-state index contributed by atoms with van der Waals surface area (Å²) < 4.78 is 6.46. The minimum Gasteiger partial charge on any atom is -0.506 e. The number of hydrazone groups is 2. The van der Waals surface area contributed by atoms with Crippen LogP contribution in [-0.2, 0) is 0 Å². The van der Waals surface area contributed by atoms with Gasteiger partial charge in [-0.2, -0.15) is 10.2 Å². The monoisotopic (exact) mass is 636 g/mol. The molecule has 0 aliphatic heterocycles. The van der Waals surface area contributed by atoms with Crippen LogP contribution in [0.3, 0.4) is 0 Å². The lowest BCUT2D eigenvalue weighted by molar-refractivity contribution is 0.0949. The molecule has 2 aromatic heterocycles. The lowest BCUT2D eigenvalue weighted by Crippen LogP contribution is -2.17. The highest BCUT2D eigenvalue weighted by Crippen LogP contribution is 2.33. The smallest absolute Gasteiger partial charge is 0.281 e. The molecular weight excluding hydrogens is 612 g/mol. The van der Waals surface area contributed by atoms with E-state index in [1.807, 2.05) is 18.2 Å². The number of pyridine rings is 1. The van der Waals surface area contributed by atoms with E-state index >= 15 is 0 Å². The third kappa shape index (κ3) is 7.66. The van der Waals surface area contributed by atoms with Crippen molar-refractivity contribution in [1.82, 2.24) is 15.8 Å². The molecule has 12 heteroatoms. The number of fused-ring (bicyclic) bond motifs is 1. The molecule has 10 nitrogen and oxygen atoms in total. The Morgan fingerprint density at radius 2 is 1.69 bits per heavy atom. The Labute approximate surface area is 267 Å². The first-order chi connectivity index (χ1) is 21.9. The number of nitrogens with zero attached hydrogens (tertiary/aromatic N) is 4. The summed E-state index contributed by atoms with van der Waals surface area (Å²) in [5.74, 6) is -0.261. The van der Waals surface area contributed by atoms with Gasteiger partial charge in [-0.1, -0.05) is 48.5 Å². The van der Waals surface area contributed by atoms with Crippen molar-refractivity contribution >= 4 is 76.1 Å². The van der Waals surface area contributed by atoms with Gasteiger partial charge >= 0.3 is 0 Å². The van der Waals surface area contributed by atoms with Crippen LogP contribution in [0.5, 0.6) is 11.5 Å². The van der Waals surface area contributed by atoms with Crippen LogP contribution in [0, 0.1) is 0 Å². The topological polar surface area (TPSA) is 138 Å². The van der Waals surface area contributed by atoms with E-state index < -0.39 is 5.91 Å². The zero-order valence-electron chi connectivity index (χ0n) is 23.6. The number of hydrogen-bond acceptors (Lipinski definition) is 9. The Morgan fingerprint density at radius 1 is 0.933 bits per heavy atom. The number of aromatic hydroxyl groups is 1. The van der Waals surface area contributed by atoms with Gasteiger partial charge in [0, 0.05) is 40.1 Å². The first-order valence-corrected chi connectivity index (χ1v) is 14.6. The highest BCUT2D eigenvalue weighted by molar-refractivity contribution is 7.18. The summed E-state index contributed by atoms with van der Waals surface area (Å²) in [7, 11) is 0. The van der Waals surface area contributed by atoms with Crippen LogP contribution in [0.4, 0.5) is 5.69 Å². The molecule has 0 atom stereocenters. The molecule has 0 saturated carbocycles. The third-order valence-corrected chi connectivity index (χ3v) is 7.54. The Balaban J connectivity index is 1.26. The fraction of sp³-hybridized carbons (Fsp3) is 0.0303. The van der Waals surface area contributed by atoms with Gasteiger partial charge in [0.1, 0.15) is 29.3 Å². The number of aliphatic imine (C=N–C) groups is 1. The molecule has 3 aromatic carbocycles. The van der Waals surface area contributed by atoms with Gasteiger partial charge in [0.2, 0.25) is 0 Å². The number of phenols is 1. The van der Waals surface area contributed by atoms with E-state index in [1.54, 1.807) is 67.0 Å². The molecule has 45 heavy (non-hydrogen) atoms. The van der Waals surface area contributed by atoms with Gasteiger partial charge in [0.15, 0.2) is 0 Å². The molecular formula is C33H25ClN6O4S. The standard InChI is InChI=1S/C33H25ClN6O4S/c1-2-24-22(19-38-40-33(43)28-14-15-29(34)45-28)10-12-26(41)30(24)36-17-18-44-27-13-11-23(25-9-6-16-35-31(25)27)20-37-39-32(42)21-7-4-3-5-8-21/h2-17,19-20,41H,1,18H2,(H,39,42)(H,40,43)/b36-17-,37-20+,38-19+. The first-order valence-electron chi connectivity index (χ1n) is 13.4. The number of halogens is 1. The van der Waals surface area contributed by atoms with Crippen molar-refractivity contribution in [1.29, 1.82) is 0 Å². The summed E-state index contributed by atoms with van der Waals surface area (Å²) in [4.78, 5) is 33.8. The fourth-order valence-electron chi connectivity index (χ4n) is 4.19. The lowest BCUT2D eigenvalue weighted by Gasteiger charge is -2.09. The van der Waals surface area contributed by atoms with Gasteiger partial charge < -0.3 is 9.84 Å². The van der Waals surface area contributed by atoms with Gasteiger partial charge in [-0.25, -0.2) is 10.9 Å². The number of nitrogens with one attached hydrogen (secondary N) is 2. The van der Waals surface area contributed by atoms with E-state index in [1.165, 1.54) is 24.6 Å². The second-order valence-electron chi connectivity index (χ2n) is 9.18. The molecule has 0 fully saturated rings. The van der Waals surface area contributed by atoms with E-state index in [9.17, 15) is 14.7 Å². The number of amides is 2. The summed E-state index contributed by atoms with van der Waals surface area (Å²) in [6.07, 6.45) is 7.69. The molecule has 0 aliphatic rings. The van der Waals surface area contributed by atoms with E-state index in [2.05, 4.69) is 37.6 Å². The van der Waals surface area contributed by atoms with E-state index in [-0.39, 0.29) is 24.0 Å². The lowest BCUT2D eigenvalue weighted by atomic mass is 10.1. The Bertz CT molecular complexity index is 1960. The Morgan fingerprint density at radius 3 is 2.44 bits per heavy atom. The molecule has 2 amide bonds. The molecule has 224 valence electrons. The Kier molecular flexibility index (Phi) is 10.1. The van der Waals surface area contributed by atoms with Crippen LogP contribution in [-0.4, -0.2) is 47.2 Å². The zero-order chi connectivity index (χ0) is 31.6. The summed E-state index contributed by atoms with van der Waals surface area (Å²) in [5.41, 5.74) is 8.18. The third-order valence-electron chi connectivity index (χ3n) is 6.31. The summed E-state index contributed by atoms with van der Waals surface area (Å²) in [6, 6.07) is 22.4. The Hall–Kier alpha value is -5.65. The maximum absolute atomic E-state index is 12.3. The number of phenolic OH excluding ortho intramolecular Hbond substituents is 1. The largest absolute Gasteiger partial charge is 0.506 e. The number of rotatable bonds is 11. The van der Waals surface area contributed by atoms with Crippen molar-refractivity contribution in [2.45, 2.75) is 0 Å². The fourth-order valence-corrected chi connectivity index (χ4v) is 5.13. The molecule has 0 spiro atoms. The summed E-state index contributed by atoms with van der Waals surface area (Å²) in [5, 5.41) is 19.4. The molecule has 0 saturated heterocycles. The average Bonchev–Trinajstić information content (AvgIpc) is 3.51. The zero-order valence-corrected chi connectivity index (χ0v) is 25.1. The number of benzene rings is 3. The normalized spacial score (nSPS) is 11.4. The summed E-state index contributed by atoms with van der Waals surface area (Å²) >= 11 is 7.03. The number of carbonyl (C=O) groups is 2. The number of carbonyl (C=O) groups excluding carboxylic acids is 2. The maximum atomic E-state index is 12.3. The predicted molar refractivity (Wildman–Crippen MR) is 179 cm³/mol. The highest BCUT2D eigenvalue weighted by Gasteiger charge is 2.11. The van der Waals surface area contributed by atoms with Crippen molar-refractivity contribution in [3.05, 3.63) is 123 Å². The molecule has 2 heterocycles. The number of hydrogen-bond donors (Lipinski definition) is 3. The number of aromatic nitrogens is 1. The second kappa shape index (κ2) is 14.7. The number of thiophene rings is 1. The van der Waals surface area contributed by atoms with Crippen LogP contribution in [0.15, 0.2) is 107 Å². The molecule has 5 aromatic rings. The van der Waals surface area contributed by atoms with Gasteiger partial charge in [-0.05, 0) is 54.6 Å². The van der Waals surface area contributed by atoms with Gasteiger partial charge in [-0.3, -0.25) is 19.6 Å². The van der Waals surface area contributed by atoms with Crippen molar-refractivity contribution in [2.24, 2.45) is 15.2 Å². The van der Waals surface area contributed by atoms with E-state index in [0.29, 0.717) is 37.2 Å². The van der Waals surface area contributed by atoms with Crippen molar-refractivity contribution < 1.29 is 19.4 Å². The molecule has 0 bridgehead atoms. The van der Waals surface area contributed by atoms with E-state index in [4.69, 9.17) is 16.3 Å². The van der Waals surface area contributed by atoms with Crippen LogP contribution in [0.1, 0.15) is 36.7 Å². The minimum absolute atomic E-state index is 0.0642. The molecule has 3 N–H and O–H groups in total. The van der Waals surface area contributed by atoms with Crippen LogP contribution >= 0.6 is 22.9 Å². The van der Waals surface area contributed by atoms with Crippen molar-refractivity contribution in [3.8, 4) is 11.5 Å². The quantitative estimate of drug-likeness (QED) is 0.111.